The van der Waals surface area contributed by atoms with Gasteiger partial charge in [-0.2, -0.15) is 0 Å². The van der Waals surface area contributed by atoms with Crippen molar-refractivity contribution in [1.29, 1.82) is 0 Å². The molecular formula is C56H42BBrO2Pd. The average Bonchev–Trinajstić information content (AvgIpc) is 4.01. The molecule has 0 N–H and O–H groups in total. The van der Waals surface area contributed by atoms with Gasteiger partial charge in [0.15, 0.2) is 0 Å². The number of hydrogen-bond acceptors (Lipinski definition) is 2. The summed E-state index contributed by atoms with van der Waals surface area (Å²) in [6, 6.07) is 66.6. The molecule has 61 heavy (non-hydrogen) atoms. The van der Waals surface area contributed by atoms with E-state index in [4.69, 9.17) is 9.31 Å². The van der Waals surface area contributed by atoms with Gasteiger partial charge in [-0.15, -0.1) is 0 Å². The van der Waals surface area contributed by atoms with Crippen LogP contribution in [0.1, 0.15) is 72.2 Å². The molecule has 0 atom stereocenters. The zero-order chi connectivity index (χ0) is 40.6. The predicted molar refractivity (Wildman–Crippen MR) is 249 cm³/mol. The van der Waals surface area contributed by atoms with Crippen molar-refractivity contribution in [3.63, 3.8) is 0 Å². The Labute approximate surface area is 380 Å². The molecule has 0 saturated carbocycles. The van der Waals surface area contributed by atoms with Crippen LogP contribution in [0.15, 0.2) is 186 Å². The van der Waals surface area contributed by atoms with Crippen LogP contribution in [0, 0.1) is 0 Å². The summed E-state index contributed by atoms with van der Waals surface area (Å²) >= 11 is 3.89. The van der Waals surface area contributed by atoms with Crippen LogP contribution >= 0.6 is 15.9 Å². The molecule has 1 saturated heterocycles. The fourth-order valence-electron chi connectivity index (χ4n) is 11.5. The zero-order valence-corrected chi connectivity index (χ0v) is 37.5. The number of rotatable bonds is 1. The van der Waals surface area contributed by atoms with Crippen LogP contribution in [0.3, 0.4) is 0 Å². The van der Waals surface area contributed by atoms with Crippen LogP contribution in [-0.4, -0.2) is 18.3 Å². The zero-order valence-electron chi connectivity index (χ0n) is 34.4. The number of benzene rings is 8. The van der Waals surface area contributed by atoms with Crippen LogP contribution < -0.4 is 5.46 Å². The van der Waals surface area contributed by atoms with Crippen molar-refractivity contribution in [3.05, 3.63) is 231 Å². The molecule has 5 aliphatic rings. The maximum absolute atomic E-state index is 6.63. The Morgan fingerprint density at radius 3 is 1.00 bits per heavy atom. The van der Waals surface area contributed by atoms with Crippen molar-refractivity contribution in [2.75, 3.05) is 0 Å². The largest absolute Gasteiger partial charge is 0.495 e. The van der Waals surface area contributed by atoms with E-state index in [9.17, 15) is 0 Å². The van der Waals surface area contributed by atoms with Gasteiger partial charge in [-0.25, -0.2) is 0 Å². The topological polar surface area (TPSA) is 18.5 Å². The standard InChI is InChI=1S/C31H27BO2.C25H15Br.Pd/c1-29(2)30(3,4)34-32(33-29)27-19-11-15-23-22-14-7-10-18-26(22)31(28(23)27)24-16-8-5-12-20(24)21-13-6-9-17-25(21)31;26-23-15-7-11-19-18-10-3-6-14-22(18)25(24(19)23)20-12-4-1-8-16(20)17-9-2-5-13-21(17)25;/h5-19H,1-4H3;1-15H;. The second kappa shape index (κ2) is 13.7. The Morgan fingerprint density at radius 1 is 0.344 bits per heavy atom. The van der Waals surface area contributed by atoms with E-state index in [1.165, 1.54) is 93.5 Å². The molecular weight excluding hydrogens is 902 g/mol. The van der Waals surface area contributed by atoms with Crippen molar-refractivity contribution in [3.8, 4) is 44.5 Å². The van der Waals surface area contributed by atoms with Crippen molar-refractivity contribution in [2.24, 2.45) is 0 Å². The molecule has 8 aromatic carbocycles. The smallest absolute Gasteiger partial charge is 0.399 e. The van der Waals surface area contributed by atoms with E-state index < -0.39 is 18.3 Å². The van der Waals surface area contributed by atoms with Crippen molar-refractivity contribution in [1.82, 2.24) is 0 Å². The Hall–Kier alpha value is -5.11. The first-order chi connectivity index (χ1) is 29.2. The summed E-state index contributed by atoms with van der Waals surface area (Å²) in [6.07, 6.45) is 0. The molecule has 0 radical (unpaired) electrons. The molecule has 0 bridgehead atoms. The van der Waals surface area contributed by atoms with Gasteiger partial charge < -0.3 is 9.31 Å². The molecule has 8 aromatic rings. The summed E-state index contributed by atoms with van der Waals surface area (Å²) in [4.78, 5) is 0. The number of halogens is 1. The van der Waals surface area contributed by atoms with Crippen LogP contribution in [0.2, 0.25) is 0 Å². The third kappa shape index (κ3) is 4.96. The van der Waals surface area contributed by atoms with Crippen LogP contribution in [0.5, 0.6) is 0 Å². The molecule has 0 amide bonds. The van der Waals surface area contributed by atoms with Crippen LogP contribution in [0.4, 0.5) is 0 Å². The minimum Gasteiger partial charge on any atom is -0.399 e. The summed E-state index contributed by atoms with van der Waals surface area (Å²) in [5, 5.41) is 0. The molecule has 0 unspecified atom stereocenters. The first kappa shape index (κ1) is 38.8. The van der Waals surface area contributed by atoms with Gasteiger partial charge in [0.1, 0.15) is 0 Å². The quantitative estimate of drug-likeness (QED) is 0.153. The fourth-order valence-corrected chi connectivity index (χ4v) is 12.1. The van der Waals surface area contributed by atoms with E-state index in [-0.39, 0.29) is 31.3 Å². The van der Waals surface area contributed by atoms with Crippen molar-refractivity contribution in [2.45, 2.75) is 49.7 Å². The first-order valence-electron chi connectivity index (χ1n) is 21.1. The van der Waals surface area contributed by atoms with Gasteiger partial charge in [0.05, 0.1) is 22.0 Å². The number of fused-ring (bicyclic) bond motifs is 20. The molecule has 298 valence electrons. The van der Waals surface area contributed by atoms with Gasteiger partial charge in [-0.3, -0.25) is 0 Å². The minimum absolute atomic E-state index is 0. The third-order valence-electron chi connectivity index (χ3n) is 14.5. The predicted octanol–water partition coefficient (Wildman–Crippen LogP) is 13.1. The second-order valence-corrected chi connectivity index (χ2v) is 18.6. The summed E-state index contributed by atoms with van der Waals surface area (Å²) in [5.74, 6) is 0. The Bertz CT molecular complexity index is 2970. The molecule has 5 heteroatoms. The van der Waals surface area contributed by atoms with Gasteiger partial charge in [0.25, 0.3) is 0 Å². The van der Waals surface area contributed by atoms with Gasteiger partial charge >= 0.3 is 7.12 Å². The molecule has 1 heterocycles. The first-order valence-corrected chi connectivity index (χ1v) is 21.9. The molecule has 2 nitrogen and oxygen atoms in total. The van der Waals surface area contributed by atoms with Gasteiger partial charge in [-0.1, -0.05) is 192 Å². The molecule has 0 aromatic heterocycles. The van der Waals surface area contributed by atoms with Gasteiger partial charge in [-0.05, 0) is 128 Å². The number of hydrogen-bond donors (Lipinski definition) is 0. The van der Waals surface area contributed by atoms with Gasteiger partial charge in [0.2, 0.25) is 0 Å². The maximum atomic E-state index is 6.63. The van der Waals surface area contributed by atoms with Crippen molar-refractivity contribution >= 4 is 28.5 Å². The van der Waals surface area contributed by atoms with E-state index in [2.05, 4.69) is 226 Å². The molecule has 2 spiro atoms. The van der Waals surface area contributed by atoms with Gasteiger partial charge in [0, 0.05) is 24.9 Å². The Morgan fingerprint density at radius 2 is 0.623 bits per heavy atom. The molecule has 1 fully saturated rings. The van der Waals surface area contributed by atoms with E-state index in [1.807, 2.05) is 0 Å². The minimum atomic E-state index is -0.425. The molecule has 13 rings (SSSR count). The van der Waals surface area contributed by atoms with Crippen LogP contribution in [-0.2, 0) is 40.6 Å². The Balaban J connectivity index is 0.000000140. The third-order valence-corrected chi connectivity index (χ3v) is 15.2. The van der Waals surface area contributed by atoms with E-state index >= 15 is 0 Å². The summed E-state index contributed by atoms with van der Waals surface area (Å²) in [5.41, 5.74) is 21.1. The maximum Gasteiger partial charge on any atom is 0.495 e. The van der Waals surface area contributed by atoms with Crippen molar-refractivity contribution < 1.29 is 29.7 Å². The van der Waals surface area contributed by atoms with Crippen LogP contribution in [0.25, 0.3) is 44.5 Å². The second-order valence-electron chi connectivity index (χ2n) is 17.8. The SMILES string of the molecule is Brc1cccc2c1C1(c3ccccc3-c3ccccc31)c1ccccc1-2.CC1(C)OB(c2cccc3c2C2(c4ccccc4-c4ccccc42)c2ccccc2-3)OC1(C)C.[Pd]. The molecule has 1 aliphatic heterocycles. The van der Waals surface area contributed by atoms with E-state index in [0.717, 1.165) is 5.46 Å². The monoisotopic (exact) mass is 942 g/mol. The van der Waals surface area contributed by atoms with E-state index in [0.29, 0.717) is 0 Å². The average molecular weight is 944 g/mol. The summed E-state index contributed by atoms with van der Waals surface area (Å²) in [6.45, 7) is 8.50. The Kier molecular flexibility index (Phi) is 8.71. The van der Waals surface area contributed by atoms with E-state index in [1.54, 1.807) is 0 Å². The fraction of sp³-hybridized carbons (Fsp3) is 0.143. The summed E-state index contributed by atoms with van der Waals surface area (Å²) < 4.78 is 14.4. The summed E-state index contributed by atoms with van der Waals surface area (Å²) in [7, 11) is -0.425. The molecule has 4 aliphatic carbocycles. The normalized spacial score (nSPS) is 17.2.